The second kappa shape index (κ2) is 10.7. The van der Waals surface area contributed by atoms with Gasteiger partial charge >= 0.3 is 0 Å². The number of anilines is 1. The second-order valence-corrected chi connectivity index (χ2v) is 10.2. The number of aromatic nitrogens is 3. The summed E-state index contributed by atoms with van der Waals surface area (Å²) >= 11 is 0. The number of fused-ring (bicyclic) bond motifs is 2. The van der Waals surface area contributed by atoms with E-state index in [1.165, 1.54) is 10.7 Å². The lowest BCUT2D eigenvalue weighted by Crippen LogP contribution is -2.31. The van der Waals surface area contributed by atoms with Crippen molar-refractivity contribution in [1.82, 2.24) is 19.5 Å². The van der Waals surface area contributed by atoms with Gasteiger partial charge in [0.15, 0.2) is 5.65 Å². The Kier molecular flexibility index (Phi) is 7.58. The number of hydrogen-bond acceptors (Lipinski definition) is 7. The van der Waals surface area contributed by atoms with Crippen LogP contribution in [0.2, 0.25) is 0 Å². The van der Waals surface area contributed by atoms with Crippen LogP contribution in [0.5, 0.6) is 5.75 Å². The van der Waals surface area contributed by atoms with Crippen molar-refractivity contribution in [3.05, 3.63) is 53.5 Å². The summed E-state index contributed by atoms with van der Waals surface area (Å²) in [4.78, 5) is 43.9. The monoisotopic (exact) mass is 507 g/mol. The number of benzene rings is 1. The molecule has 1 unspecified atom stereocenters. The van der Waals surface area contributed by atoms with Crippen LogP contribution in [0.4, 0.5) is 5.69 Å². The number of nitrogens with zero attached hydrogens (tertiary/aromatic N) is 4. The standard InChI is InChI=1S/C27H33N5O5/c1-5-18(11-17(2)33)16-37-23-13-20-19(15-31(26(20)35)10-7-27(3,4)36)12-22(23)30-25(34)21-14-29-32-9-6-8-28-24(21)32/h6,8-9,12-14,18,36H,5,7,10-11,15-16H2,1-4H3,(H,30,34). The fourth-order valence-corrected chi connectivity index (χ4v) is 4.32. The molecular weight excluding hydrogens is 474 g/mol. The Labute approximate surface area is 215 Å². The van der Waals surface area contributed by atoms with Gasteiger partial charge in [0.2, 0.25) is 0 Å². The summed E-state index contributed by atoms with van der Waals surface area (Å²) in [5, 5.41) is 17.2. The molecule has 0 radical (unpaired) electrons. The van der Waals surface area contributed by atoms with Crippen LogP contribution in [0.3, 0.4) is 0 Å². The zero-order chi connectivity index (χ0) is 26.7. The predicted molar refractivity (Wildman–Crippen MR) is 138 cm³/mol. The smallest absolute Gasteiger partial charge is 0.261 e. The Hall–Kier alpha value is -3.79. The quantitative estimate of drug-likeness (QED) is 0.407. The number of rotatable bonds is 11. The van der Waals surface area contributed by atoms with Crippen LogP contribution in [-0.2, 0) is 11.3 Å². The Balaban J connectivity index is 1.62. The summed E-state index contributed by atoms with van der Waals surface area (Å²) in [7, 11) is 0. The number of carbonyl (C=O) groups excluding carboxylic acids is 3. The average molecular weight is 508 g/mol. The first-order valence-corrected chi connectivity index (χ1v) is 12.5. The average Bonchev–Trinajstić information content (AvgIpc) is 3.40. The molecule has 1 aromatic carbocycles. The minimum absolute atomic E-state index is 0.0112. The van der Waals surface area contributed by atoms with Gasteiger partial charge in [0.05, 0.1) is 24.1 Å². The van der Waals surface area contributed by atoms with Gasteiger partial charge in [-0.2, -0.15) is 5.10 Å². The van der Waals surface area contributed by atoms with Gasteiger partial charge in [-0.3, -0.25) is 9.59 Å². The lowest BCUT2D eigenvalue weighted by molar-refractivity contribution is -0.118. The van der Waals surface area contributed by atoms with E-state index in [9.17, 15) is 19.5 Å². The lowest BCUT2D eigenvalue weighted by Gasteiger charge is -2.22. The Morgan fingerprint density at radius 2 is 2.08 bits per heavy atom. The summed E-state index contributed by atoms with van der Waals surface area (Å²) < 4.78 is 7.62. The highest BCUT2D eigenvalue weighted by Gasteiger charge is 2.31. The molecule has 0 bridgehead atoms. The minimum atomic E-state index is -0.892. The summed E-state index contributed by atoms with van der Waals surface area (Å²) in [6.45, 7) is 8.00. The van der Waals surface area contributed by atoms with Crippen LogP contribution in [0.15, 0.2) is 36.8 Å². The van der Waals surface area contributed by atoms with Crippen molar-refractivity contribution in [2.75, 3.05) is 18.5 Å². The molecule has 1 atom stereocenters. The van der Waals surface area contributed by atoms with E-state index in [1.54, 1.807) is 56.3 Å². The Morgan fingerprint density at radius 3 is 2.78 bits per heavy atom. The topological polar surface area (TPSA) is 126 Å². The predicted octanol–water partition coefficient (Wildman–Crippen LogP) is 3.48. The second-order valence-electron chi connectivity index (χ2n) is 10.2. The highest BCUT2D eigenvalue weighted by molar-refractivity contribution is 6.09. The molecule has 0 saturated carbocycles. The van der Waals surface area contributed by atoms with Crippen LogP contribution in [0, 0.1) is 5.92 Å². The number of hydrogen-bond donors (Lipinski definition) is 2. The van der Waals surface area contributed by atoms with Crippen LogP contribution < -0.4 is 10.1 Å². The van der Waals surface area contributed by atoms with Crippen molar-refractivity contribution in [2.45, 2.75) is 59.1 Å². The van der Waals surface area contributed by atoms with Crippen LogP contribution in [-0.4, -0.2) is 61.0 Å². The summed E-state index contributed by atoms with van der Waals surface area (Å²) in [6, 6.07) is 5.14. The van der Waals surface area contributed by atoms with E-state index in [1.807, 2.05) is 6.92 Å². The largest absolute Gasteiger partial charge is 0.491 e. The lowest BCUT2D eigenvalue weighted by atomic mass is 10.0. The van der Waals surface area contributed by atoms with Crippen molar-refractivity contribution in [3.63, 3.8) is 0 Å². The molecule has 0 fully saturated rings. The van der Waals surface area contributed by atoms with Crippen LogP contribution >= 0.6 is 0 Å². The number of ether oxygens (including phenoxy) is 1. The number of aliphatic hydroxyl groups is 1. The normalized spacial score (nSPS) is 14.1. The first-order valence-electron chi connectivity index (χ1n) is 12.5. The molecule has 1 aliphatic rings. The maximum absolute atomic E-state index is 13.2. The Bertz CT molecular complexity index is 1330. The van der Waals surface area contributed by atoms with Gasteiger partial charge in [0.1, 0.15) is 17.1 Å². The number of amides is 2. The summed E-state index contributed by atoms with van der Waals surface area (Å²) in [5.41, 5.74) is 1.52. The van der Waals surface area contributed by atoms with Gasteiger partial charge in [-0.05, 0) is 63.3 Å². The minimum Gasteiger partial charge on any atom is -0.491 e. The molecule has 3 aromatic rings. The van der Waals surface area contributed by atoms with Gasteiger partial charge < -0.3 is 24.9 Å². The molecule has 10 heteroatoms. The number of Topliss-reactive ketones (excluding diaryl/α,β-unsaturated/α-hetero) is 1. The van der Waals surface area contributed by atoms with E-state index in [0.717, 1.165) is 12.0 Å². The molecule has 1 aliphatic heterocycles. The van der Waals surface area contributed by atoms with Gasteiger partial charge in [-0.1, -0.05) is 6.92 Å². The van der Waals surface area contributed by atoms with E-state index >= 15 is 0 Å². The van der Waals surface area contributed by atoms with Crippen molar-refractivity contribution < 1.29 is 24.2 Å². The molecule has 10 nitrogen and oxygen atoms in total. The van der Waals surface area contributed by atoms with Gasteiger partial charge in [-0.15, -0.1) is 0 Å². The molecule has 0 aliphatic carbocycles. The fraction of sp³-hybridized carbons (Fsp3) is 0.444. The first-order chi connectivity index (χ1) is 17.6. The van der Waals surface area contributed by atoms with E-state index in [4.69, 9.17) is 4.74 Å². The molecule has 2 amide bonds. The zero-order valence-corrected chi connectivity index (χ0v) is 21.7. The van der Waals surface area contributed by atoms with Crippen molar-refractivity contribution in [1.29, 1.82) is 0 Å². The van der Waals surface area contributed by atoms with Crippen molar-refractivity contribution in [2.24, 2.45) is 5.92 Å². The van der Waals surface area contributed by atoms with E-state index in [2.05, 4.69) is 15.4 Å². The van der Waals surface area contributed by atoms with E-state index in [0.29, 0.717) is 54.1 Å². The molecule has 4 rings (SSSR count). The summed E-state index contributed by atoms with van der Waals surface area (Å²) in [5.74, 6) is -0.105. The van der Waals surface area contributed by atoms with E-state index in [-0.39, 0.29) is 24.2 Å². The van der Waals surface area contributed by atoms with Crippen LogP contribution in [0.1, 0.15) is 73.2 Å². The van der Waals surface area contributed by atoms with Gasteiger partial charge in [0.25, 0.3) is 11.8 Å². The third-order valence-corrected chi connectivity index (χ3v) is 6.48. The molecule has 0 spiro atoms. The third kappa shape index (κ3) is 6.14. The first kappa shape index (κ1) is 26.3. The molecular formula is C27H33N5O5. The van der Waals surface area contributed by atoms with Crippen LogP contribution in [0.25, 0.3) is 5.65 Å². The third-order valence-electron chi connectivity index (χ3n) is 6.48. The fourth-order valence-electron chi connectivity index (χ4n) is 4.32. The van der Waals surface area contributed by atoms with E-state index < -0.39 is 11.5 Å². The zero-order valence-electron chi connectivity index (χ0n) is 21.7. The highest BCUT2D eigenvalue weighted by atomic mass is 16.5. The molecule has 196 valence electrons. The maximum atomic E-state index is 13.2. The van der Waals surface area contributed by atoms with Gasteiger partial charge in [-0.25, -0.2) is 9.50 Å². The number of ketones is 1. The van der Waals surface area contributed by atoms with Crippen molar-refractivity contribution >= 4 is 28.9 Å². The SMILES string of the molecule is CCC(COc1cc2c(cc1NC(=O)c1cnn3cccnc13)CN(CCC(C)(C)O)C2=O)CC(C)=O. The number of carbonyl (C=O) groups is 3. The molecule has 3 heterocycles. The van der Waals surface area contributed by atoms with Crippen molar-refractivity contribution in [3.8, 4) is 5.75 Å². The summed E-state index contributed by atoms with van der Waals surface area (Å²) in [6.07, 6.45) is 6.32. The molecule has 0 saturated heterocycles. The Morgan fingerprint density at radius 1 is 1.30 bits per heavy atom. The maximum Gasteiger partial charge on any atom is 0.261 e. The molecule has 2 aromatic heterocycles. The highest BCUT2D eigenvalue weighted by Crippen LogP contribution is 2.35. The van der Waals surface area contributed by atoms with Gasteiger partial charge in [0, 0.05) is 37.5 Å². The molecule has 2 N–H and O–H groups in total. The molecule has 37 heavy (non-hydrogen) atoms. The number of nitrogens with one attached hydrogen (secondary N) is 1.